The molecule has 134 valence electrons. The molecule has 2 heterocycles. The van der Waals surface area contributed by atoms with Crippen molar-refractivity contribution >= 4 is 6.03 Å². The number of carbonyl (C=O) groups is 1. The number of likely N-dealkylation sites (tertiary alicyclic amines) is 1. The third-order valence-electron chi connectivity index (χ3n) is 4.51. The number of hydrogen-bond acceptors (Lipinski definition) is 3. The van der Waals surface area contributed by atoms with E-state index in [2.05, 4.69) is 15.3 Å². The molecule has 0 saturated carbocycles. The van der Waals surface area contributed by atoms with Crippen LogP contribution in [0.25, 0.3) is 0 Å². The average molecular weight is 342 g/mol. The van der Waals surface area contributed by atoms with Crippen LogP contribution in [0, 0.1) is 6.92 Å². The lowest BCUT2D eigenvalue weighted by Gasteiger charge is -2.32. The van der Waals surface area contributed by atoms with Gasteiger partial charge in [0.25, 0.3) is 0 Å². The monoisotopic (exact) mass is 342 g/mol. The van der Waals surface area contributed by atoms with Crippen molar-refractivity contribution < 1.29 is 9.53 Å². The highest BCUT2D eigenvalue weighted by atomic mass is 16.5. The Morgan fingerprint density at radius 2 is 2.24 bits per heavy atom. The second kappa shape index (κ2) is 8.05. The molecule has 2 amide bonds. The van der Waals surface area contributed by atoms with Crippen LogP contribution in [-0.4, -0.2) is 46.6 Å². The lowest BCUT2D eigenvalue weighted by atomic mass is 9.98. The Labute approximate surface area is 148 Å². The first-order valence-corrected chi connectivity index (χ1v) is 8.87. The number of urea groups is 1. The van der Waals surface area contributed by atoms with Crippen LogP contribution in [0.4, 0.5) is 4.79 Å². The first-order valence-electron chi connectivity index (χ1n) is 8.87. The Kier molecular flexibility index (Phi) is 5.58. The second-order valence-corrected chi connectivity index (χ2v) is 6.69. The molecule has 1 aliphatic heterocycles. The molecule has 2 aromatic rings. The van der Waals surface area contributed by atoms with E-state index < -0.39 is 0 Å². The minimum atomic E-state index is -0.0858. The van der Waals surface area contributed by atoms with E-state index in [1.165, 1.54) is 5.56 Å². The number of imidazole rings is 1. The van der Waals surface area contributed by atoms with E-state index in [1.807, 2.05) is 49.2 Å². The summed E-state index contributed by atoms with van der Waals surface area (Å²) < 4.78 is 5.84. The van der Waals surface area contributed by atoms with Gasteiger partial charge in [-0.25, -0.2) is 9.78 Å². The Bertz CT molecular complexity index is 669. The number of benzene rings is 1. The molecule has 1 saturated heterocycles. The van der Waals surface area contributed by atoms with Gasteiger partial charge in [0.05, 0.1) is 6.54 Å². The van der Waals surface area contributed by atoms with Crippen molar-refractivity contribution in [1.29, 1.82) is 0 Å². The van der Waals surface area contributed by atoms with Crippen LogP contribution in [0.15, 0.2) is 36.7 Å². The molecule has 25 heavy (non-hydrogen) atoms. The Morgan fingerprint density at radius 1 is 1.44 bits per heavy atom. The van der Waals surface area contributed by atoms with Crippen LogP contribution in [0.5, 0.6) is 5.75 Å². The number of aromatic nitrogens is 2. The molecule has 0 spiro atoms. The molecule has 2 N–H and O–H groups in total. The quantitative estimate of drug-likeness (QED) is 0.877. The van der Waals surface area contributed by atoms with E-state index in [0.29, 0.717) is 13.1 Å². The van der Waals surface area contributed by atoms with Crippen LogP contribution in [-0.2, 0) is 0 Å². The number of nitrogens with one attached hydrogen (secondary N) is 2. The largest absolute Gasteiger partial charge is 0.489 e. The van der Waals surface area contributed by atoms with Gasteiger partial charge in [-0.15, -0.1) is 0 Å². The van der Waals surface area contributed by atoms with E-state index in [9.17, 15) is 4.79 Å². The molecule has 2 atom stereocenters. The number of nitrogens with zero attached hydrogens (tertiary/aromatic N) is 2. The number of amides is 2. The summed E-state index contributed by atoms with van der Waals surface area (Å²) in [5.41, 5.74) is 1.20. The standard InChI is InChI=1S/C19H26N4O2/c1-14-5-7-17(8-6-14)25-15(2)12-22-19(24)23-11-3-4-16(13-23)18-20-9-10-21-18/h5-10,15-16H,3-4,11-13H2,1-2H3,(H,20,21)(H,22,24)/t15-,16+/m0/s1. The fraction of sp³-hybridized carbons (Fsp3) is 0.474. The van der Waals surface area contributed by atoms with Gasteiger partial charge in [0, 0.05) is 31.4 Å². The highest BCUT2D eigenvalue weighted by Gasteiger charge is 2.26. The van der Waals surface area contributed by atoms with Crippen molar-refractivity contribution in [2.75, 3.05) is 19.6 Å². The second-order valence-electron chi connectivity index (χ2n) is 6.69. The molecule has 0 radical (unpaired) electrons. The van der Waals surface area contributed by atoms with Crippen molar-refractivity contribution in [2.45, 2.75) is 38.7 Å². The first kappa shape index (κ1) is 17.3. The van der Waals surface area contributed by atoms with E-state index in [0.717, 1.165) is 31.0 Å². The third-order valence-corrected chi connectivity index (χ3v) is 4.51. The van der Waals surface area contributed by atoms with Crippen LogP contribution >= 0.6 is 0 Å². The van der Waals surface area contributed by atoms with Gasteiger partial charge in [-0.3, -0.25) is 0 Å². The molecule has 1 aliphatic rings. The molecule has 0 bridgehead atoms. The molecule has 6 heteroatoms. The van der Waals surface area contributed by atoms with Crippen LogP contribution in [0.2, 0.25) is 0 Å². The van der Waals surface area contributed by atoms with Gasteiger partial charge in [-0.2, -0.15) is 0 Å². The number of carbonyl (C=O) groups excluding carboxylic acids is 1. The number of hydrogen-bond donors (Lipinski definition) is 2. The third kappa shape index (κ3) is 4.75. The summed E-state index contributed by atoms with van der Waals surface area (Å²) in [6.07, 6.45) is 5.56. The fourth-order valence-electron chi connectivity index (χ4n) is 3.12. The zero-order valence-corrected chi connectivity index (χ0v) is 14.9. The van der Waals surface area contributed by atoms with Crippen LogP contribution in [0.1, 0.15) is 37.1 Å². The van der Waals surface area contributed by atoms with Gasteiger partial charge >= 0.3 is 6.03 Å². The zero-order valence-electron chi connectivity index (χ0n) is 14.9. The number of piperidine rings is 1. The van der Waals surface area contributed by atoms with Gasteiger partial charge in [-0.05, 0) is 38.8 Å². The maximum atomic E-state index is 12.4. The summed E-state index contributed by atoms with van der Waals surface area (Å²) in [7, 11) is 0. The topological polar surface area (TPSA) is 70.2 Å². The van der Waals surface area contributed by atoms with Gasteiger partial charge in [0.1, 0.15) is 17.7 Å². The Balaban J connectivity index is 1.46. The molecular weight excluding hydrogens is 316 g/mol. The van der Waals surface area contributed by atoms with Crippen LogP contribution < -0.4 is 10.1 Å². The number of H-pyrrole nitrogens is 1. The summed E-state index contributed by atoms with van der Waals surface area (Å²) in [6, 6.07) is 7.90. The lowest BCUT2D eigenvalue weighted by Crippen LogP contribution is -2.47. The lowest BCUT2D eigenvalue weighted by molar-refractivity contribution is 0.168. The summed E-state index contributed by atoms with van der Waals surface area (Å²) in [4.78, 5) is 21.8. The summed E-state index contributed by atoms with van der Waals surface area (Å²) in [5, 5.41) is 2.98. The van der Waals surface area contributed by atoms with E-state index >= 15 is 0 Å². The van der Waals surface area contributed by atoms with Gasteiger partial charge in [0.15, 0.2) is 0 Å². The number of rotatable bonds is 5. The average Bonchev–Trinajstić information content (AvgIpc) is 3.16. The fourth-order valence-corrected chi connectivity index (χ4v) is 3.12. The SMILES string of the molecule is Cc1ccc(O[C@@H](C)CNC(=O)N2CCC[C@@H](c3ncc[nH]3)C2)cc1. The minimum absolute atomic E-state index is 0.0318. The Hall–Kier alpha value is -2.50. The maximum absolute atomic E-state index is 12.4. The van der Waals surface area contributed by atoms with Crippen molar-refractivity contribution in [1.82, 2.24) is 20.2 Å². The normalized spacial score (nSPS) is 18.6. The number of aromatic amines is 1. The van der Waals surface area contributed by atoms with Crippen molar-refractivity contribution in [3.63, 3.8) is 0 Å². The maximum Gasteiger partial charge on any atom is 0.317 e. The highest BCUT2D eigenvalue weighted by molar-refractivity contribution is 5.74. The van der Waals surface area contributed by atoms with Gasteiger partial charge in [0.2, 0.25) is 0 Å². The molecule has 0 unspecified atom stereocenters. The summed E-state index contributed by atoms with van der Waals surface area (Å²) in [6.45, 7) is 5.97. The molecule has 3 rings (SSSR count). The summed E-state index contributed by atoms with van der Waals surface area (Å²) >= 11 is 0. The predicted molar refractivity (Wildman–Crippen MR) is 96.8 cm³/mol. The number of aryl methyl sites for hydroxylation is 1. The molecular formula is C19H26N4O2. The van der Waals surface area contributed by atoms with E-state index in [1.54, 1.807) is 6.20 Å². The Morgan fingerprint density at radius 3 is 2.96 bits per heavy atom. The molecule has 6 nitrogen and oxygen atoms in total. The first-order chi connectivity index (χ1) is 12.1. The van der Waals surface area contributed by atoms with Gasteiger partial charge in [-0.1, -0.05) is 17.7 Å². The molecule has 1 aromatic heterocycles. The van der Waals surface area contributed by atoms with E-state index in [4.69, 9.17) is 4.74 Å². The predicted octanol–water partition coefficient (Wildman–Crippen LogP) is 3.07. The highest BCUT2D eigenvalue weighted by Crippen LogP contribution is 2.24. The molecule has 1 fully saturated rings. The smallest absolute Gasteiger partial charge is 0.317 e. The molecule has 0 aliphatic carbocycles. The summed E-state index contributed by atoms with van der Waals surface area (Å²) in [5.74, 6) is 2.08. The van der Waals surface area contributed by atoms with Crippen molar-refractivity contribution in [3.05, 3.63) is 48.0 Å². The minimum Gasteiger partial charge on any atom is -0.489 e. The van der Waals surface area contributed by atoms with E-state index in [-0.39, 0.29) is 18.1 Å². The van der Waals surface area contributed by atoms with Crippen molar-refractivity contribution in [3.8, 4) is 5.75 Å². The van der Waals surface area contributed by atoms with Crippen molar-refractivity contribution in [2.24, 2.45) is 0 Å². The zero-order chi connectivity index (χ0) is 17.6. The van der Waals surface area contributed by atoms with Gasteiger partial charge < -0.3 is 19.9 Å². The molecule has 1 aromatic carbocycles. The van der Waals surface area contributed by atoms with Crippen LogP contribution in [0.3, 0.4) is 0 Å². The number of ether oxygens (including phenoxy) is 1.